The second-order valence-corrected chi connectivity index (χ2v) is 4.01. The summed E-state index contributed by atoms with van der Waals surface area (Å²) in [5.41, 5.74) is 1.31. The molecule has 0 fully saturated rings. The molecular formula is C13H8FNO3. The van der Waals surface area contributed by atoms with Gasteiger partial charge in [0.05, 0.1) is 17.8 Å². The SMILES string of the molecule is O=C1Cc2[nH]c(C(=O)c3ccc(F)cc3)cc2O1. The summed E-state index contributed by atoms with van der Waals surface area (Å²) < 4.78 is 17.7. The smallest absolute Gasteiger partial charge is 0.317 e. The lowest BCUT2D eigenvalue weighted by molar-refractivity contribution is -0.131. The van der Waals surface area contributed by atoms with Crippen LogP contribution in [0.4, 0.5) is 4.39 Å². The van der Waals surface area contributed by atoms with Crippen LogP contribution in [0.1, 0.15) is 21.7 Å². The largest absolute Gasteiger partial charge is 0.424 e. The van der Waals surface area contributed by atoms with E-state index in [4.69, 9.17) is 4.74 Å². The van der Waals surface area contributed by atoms with Crippen LogP contribution in [-0.4, -0.2) is 16.7 Å². The van der Waals surface area contributed by atoms with Crippen molar-refractivity contribution in [2.75, 3.05) is 0 Å². The van der Waals surface area contributed by atoms with E-state index in [9.17, 15) is 14.0 Å². The summed E-state index contributed by atoms with van der Waals surface area (Å²) in [6.45, 7) is 0. The third kappa shape index (κ3) is 1.69. The summed E-state index contributed by atoms with van der Waals surface area (Å²) in [6, 6.07) is 6.77. The van der Waals surface area contributed by atoms with Crippen molar-refractivity contribution in [1.82, 2.24) is 4.98 Å². The van der Waals surface area contributed by atoms with Crippen molar-refractivity contribution in [1.29, 1.82) is 0 Å². The number of halogens is 1. The van der Waals surface area contributed by atoms with Crippen molar-refractivity contribution in [3.05, 3.63) is 53.1 Å². The number of ether oxygens (including phenoxy) is 1. The molecular weight excluding hydrogens is 237 g/mol. The molecule has 18 heavy (non-hydrogen) atoms. The molecule has 1 aromatic carbocycles. The predicted molar refractivity (Wildman–Crippen MR) is 60.0 cm³/mol. The Hall–Kier alpha value is -2.43. The number of aromatic amines is 1. The highest BCUT2D eigenvalue weighted by molar-refractivity contribution is 6.08. The van der Waals surface area contributed by atoms with Crippen LogP contribution < -0.4 is 4.74 Å². The molecule has 2 heterocycles. The lowest BCUT2D eigenvalue weighted by Gasteiger charge is -1.98. The van der Waals surface area contributed by atoms with Gasteiger partial charge in [-0.25, -0.2) is 4.39 Å². The van der Waals surface area contributed by atoms with Gasteiger partial charge in [-0.1, -0.05) is 0 Å². The molecule has 0 saturated carbocycles. The van der Waals surface area contributed by atoms with Gasteiger partial charge in [0.2, 0.25) is 5.78 Å². The molecule has 1 N–H and O–H groups in total. The Bertz CT molecular complexity index is 617. The number of nitrogens with one attached hydrogen (secondary N) is 1. The molecule has 0 unspecified atom stereocenters. The normalized spacial score (nSPS) is 13.3. The fourth-order valence-electron chi connectivity index (χ4n) is 1.88. The first-order valence-corrected chi connectivity index (χ1v) is 5.36. The molecule has 1 aromatic heterocycles. The number of rotatable bonds is 2. The molecule has 90 valence electrons. The highest BCUT2D eigenvalue weighted by Gasteiger charge is 2.25. The number of fused-ring (bicyclic) bond motifs is 1. The molecule has 0 radical (unpaired) electrons. The standard InChI is InChI=1S/C13H8FNO3/c14-8-3-1-7(2-4-8)13(17)10-5-11-9(15-10)6-12(16)18-11/h1-5,15H,6H2. The Morgan fingerprint density at radius 1 is 1.28 bits per heavy atom. The number of esters is 1. The van der Waals surface area contributed by atoms with Crippen molar-refractivity contribution >= 4 is 11.8 Å². The maximum Gasteiger partial charge on any atom is 0.317 e. The van der Waals surface area contributed by atoms with Crippen LogP contribution in [0.2, 0.25) is 0 Å². The lowest BCUT2D eigenvalue weighted by Crippen LogP contribution is -2.05. The van der Waals surface area contributed by atoms with Gasteiger partial charge >= 0.3 is 5.97 Å². The number of carbonyl (C=O) groups excluding carboxylic acids is 2. The van der Waals surface area contributed by atoms with E-state index in [0.29, 0.717) is 22.7 Å². The molecule has 0 spiro atoms. The van der Waals surface area contributed by atoms with Crippen LogP contribution in [0, 0.1) is 5.82 Å². The lowest BCUT2D eigenvalue weighted by atomic mass is 10.1. The number of hydrogen-bond acceptors (Lipinski definition) is 3. The first-order valence-electron chi connectivity index (χ1n) is 5.36. The fraction of sp³-hybridized carbons (Fsp3) is 0.0769. The van der Waals surface area contributed by atoms with Gasteiger partial charge in [0.25, 0.3) is 0 Å². The molecule has 0 saturated heterocycles. The molecule has 1 aliphatic rings. The maximum atomic E-state index is 12.8. The van der Waals surface area contributed by atoms with Gasteiger partial charge in [0, 0.05) is 11.6 Å². The zero-order valence-corrected chi connectivity index (χ0v) is 9.20. The zero-order valence-electron chi connectivity index (χ0n) is 9.20. The molecule has 3 rings (SSSR count). The first-order chi connectivity index (χ1) is 8.63. The van der Waals surface area contributed by atoms with E-state index >= 15 is 0 Å². The van der Waals surface area contributed by atoms with Crippen molar-refractivity contribution in [3.8, 4) is 5.75 Å². The topological polar surface area (TPSA) is 59.2 Å². The van der Waals surface area contributed by atoms with Crippen LogP contribution in [0.25, 0.3) is 0 Å². The number of aromatic nitrogens is 1. The average molecular weight is 245 g/mol. The Labute approximate surface area is 101 Å². The van der Waals surface area contributed by atoms with Gasteiger partial charge in [-0.3, -0.25) is 9.59 Å². The van der Waals surface area contributed by atoms with Crippen LogP contribution in [0.3, 0.4) is 0 Å². The second-order valence-electron chi connectivity index (χ2n) is 4.01. The predicted octanol–water partition coefficient (Wildman–Crippen LogP) is 1.85. The highest BCUT2D eigenvalue weighted by atomic mass is 19.1. The summed E-state index contributed by atoms with van der Waals surface area (Å²) in [4.78, 5) is 25.9. The molecule has 4 nitrogen and oxygen atoms in total. The average Bonchev–Trinajstić information content (AvgIpc) is 2.86. The monoisotopic (exact) mass is 245 g/mol. The molecule has 0 amide bonds. The molecule has 1 aliphatic heterocycles. The third-order valence-corrected chi connectivity index (χ3v) is 2.75. The summed E-state index contributed by atoms with van der Waals surface area (Å²) in [5.74, 6) is -0.600. The van der Waals surface area contributed by atoms with Crippen LogP contribution in [0.15, 0.2) is 30.3 Å². The van der Waals surface area contributed by atoms with Crippen molar-refractivity contribution in [2.45, 2.75) is 6.42 Å². The zero-order chi connectivity index (χ0) is 12.7. The van der Waals surface area contributed by atoms with Crippen LogP contribution in [0.5, 0.6) is 5.75 Å². The minimum absolute atomic E-state index is 0.145. The summed E-state index contributed by atoms with van der Waals surface area (Å²) >= 11 is 0. The van der Waals surface area contributed by atoms with Gasteiger partial charge in [0.15, 0.2) is 5.75 Å². The minimum atomic E-state index is -0.394. The van der Waals surface area contributed by atoms with E-state index < -0.39 is 5.82 Å². The van der Waals surface area contributed by atoms with E-state index in [2.05, 4.69) is 4.98 Å². The van der Waals surface area contributed by atoms with E-state index in [1.54, 1.807) is 0 Å². The number of carbonyl (C=O) groups is 2. The molecule has 0 aliphatic carbocycles. The maximum absolute atomic E-state index is 12.8. The van der Waals surface area contributed by atoms with E-state index in [0.717, 1.165) is 0 Å². The Morgan fingerprint density at radius 3 is 2.67 bits per heavy atom. The van der Waals surface area contributed by atoms with Gasteiger partial charge < -0.3 is 9.72 Å². The fourth-order valence-corrected chi connectivity index (χ4v) is 1.88. The van der Waals surface area contributed by atoms with Crippen LogP contribution >= 0.6 is 0 Å². The van der Waals surface area contributed by atoms with Crippen molar-refractivity contribution in [3.63, 3.8) is 0 Å². The highest BCUT2D eigenvalue weighted by Crippen LogP contribution is 2.27. The molecule has 0 atom stereocenters. The number of benzene rings is 1. The van der Waals surface area contributed by atoms with E-state index in [-0.39, 0.29) is 18.2 Å². The second kappa shape index (κ2) is 3.80. The van der Waals surface area contributed by atoms with Crippen molar-refractivity contribution < 1.29 is 18.7 Å². The first kappa shape index (κ1) is 10.7. The molecule has 0 bridgehead atoms. The van der Waals surface area contributed by atoms with Gasteiger partial charge in [-0.15, -0.1) is 0 Å². The number of ketones is 1. The summed E-state index contributed by atoms with van der Waals surface area (Å²) in [7, 11) is 0. The third-order valence-electron chi connectivity index (χ3n) is 2.75. The number of hydrogen-bond donors (Lipinski definition) is 1. The van der Waals surface area contributed by atoms with Gasteiger partial charge in [-0.2, -0.15) is 0 Å². The van der Waals surface area contributed by atoms with Gasteiger partial charge in [-0.05, 0) is 24.3 Å². The van der Waals surface area contributed by atoms with Gasteiger partial charge in [0.1, 0.15) is 5.82 Å². The van der Waals surface area contributed by atoms with E-state index in [1.807, 2.05) is 0 Å². The summed E-state index contributed by atoms with van der Waals surface area (Å²) in [5, 5.41) is 0. The summed E-state index contributed by atoms with van der Waals surface area (Å²) in [6.07, 6.45) is 0.145. The van der Waals surface area contributed by atoms with Crippen LogP contribution in [-0.2, 0) is 11.2 Å². The Balaban J connectivity index is 1.92. The molecule has 5 heteroatoms. The minimum Gasteiger partial charge on any atom is -0.424 e. The Morgan fingerprint density at radius 2 is 2.00 bits per heavy atom. The quantitative estimate of drug-likeness (QED) is 0.648. The van der Waals surface area contributed by atoms with Crippen molar-refractivity contribution in [2.24, 2.45) is 0 Å². The number of H-pyrrole nitrogens is 1. The Kier molecular flexibility index (Phi) is 2.26. The molecule has 2 aromatic rings. The van der Waals surface area contributed by atoms with E-state index in [1.165, 1.54) is 30.3 Å².